The minimum absolute atomic E-state index is 0.128. The summed E-state index contributed by atoms with van der Waals surface area (Å²) in [5, 5.41) is 8.64. The third-order valence-electron chi connectivity index (χ3n) is 5.52. The molecule has 0 radical (unpaired) electrons. The third kappa shape index (κ3) is 6.62. The lowest BCUT2D eigenvalue weighted by Crippen LogP contribution is -2.45. The molecule has 0 bridgehead atoms. The molecule has 1 aromatic heterocycles. The maximum absolute atomic E-state index is 13.5. The van der Waals surface area contributed by atoms with Crippen LogP contribution in [0.25, 0.3) is 10.8 Å². The van der Waals surface area contributed by atoms with Gasteiger partial charge in [0.25, 0.3) is 5.91 Å². The molecule has 0 fully saturated rings. The predicted octanol–water partition coefficient (Wildman–Crippen LogP) is 4.96. The van der Waals surface area contributed by atoms with E-state index >= 15 is 0 Å². The monoisotopic (exact) mass is 535 g/mol. The van der Waals surface area contributed by atoms with Gasteiger partial charge < -0.3 is 10.6 Å². The van der Waals surface area contributed by atoms with Gasteiger partial charge in [-0.25, -0.2) is 13.1 Å². The van der Waals surface area contributed by atoms with Crippen LogP contribution in [0.1, 0.15) is 36.0 Å². The Kier molecular flexibility index (Phi) is 7.77. The van der Waals surface area contributed by atoms with E-state index in [0.717, 1.165) is 5.56 Å². The van der Waals surface area contributed by atoms with Gasteiger partial charge in [-0.15, -0.1) is 11.3 Å². The smallest absolute Gasteiger partial charge is 0.262 e. The SMILES string of the molecule is CC(C)(C)NS(=O)(=O)c1cccc2c(NC(=O)[C@H](Cc3ccccc3)NC(=O)c3cccs3)cccc12. The molecular weight excluding hydrogens is 506 g/mol. The first-order valence-corrected chi connectivity index (χ1v) is 14.1. The van der Waals surface area contributed by atoms with E-state index in [1.807, 2.05) is 30.3 Å². The standard InChI is InChI=1S/C28H29N3O4S2/c1-28(2,3)31-37(34,35)25-16-8-12-20-21(25)13-7-14-22(20)29-26(32)23(18-19-10-5-4-6-11-19)30-27(33)24-15-9-17-36-24/h4-17,23,31H,18H2,1-3H3,(H,29,32)(H,30,33)/t23-/m0/s1. The number of carbonyl (C=O) groups excluding carboxylic acids is 2. The van der Waals surface area contributed by atoms with Crippen LogP contribution in [0.3, 0.4) is 0 Å². The Labute approximate surface area is 221 Å². The number of thiophene rings is 1. The number of fused-ring (bicyclic) bond motifs is 1. The van der Waals surface area contributed by atoms with E-state index < -0.39 is 27.5 Å². The molecular formula is C28H29N3O4S2. The molecule has 0 aliphatic rings. The number of benzene rings is 3. The molecule has 9 heteroatoms. The number of anilines is 1. The number of carbonyl (C=O) groups is 2. The molecule has 0 saturated heterocycles. The largest absolute Gasteiger partial charge is 0.339 e. The first-order chi connectivity index (χ1) is 17.5. The number of rotatable bonds is 8. The van der Waals surface area contributed by atoms with E-state index in [4.69, 9.17) is 0 Å². The lowest BCUT2D eigenvalue weighted by atomic mass is 10.0. The Morgan fingerprint density at radius 3 is 2.24 bits per heavy atom. The highest BCUT2D eigenvalue weighted by atomic mass is 32.2. The Balaban J connectivity index is 1.65. The number of nitrogens with one attached hydrogen (secondary N) is 3. The Bertz CT molecular complexity index is 1510. The molecule has 37 heavy (non-hydrogen) atoms. The van der Waals surface area contributed by atoms with Gasteiger partial charge in [0.15, 0.2) is 0 Å². The second-order valence-electron chi connectivity index (χ2n) is 9.69. The number of sulfonamides is 1. The number of hydrogen-bond acceptors (Lipinski definition) is 5. The molecule has 1 atom stereocenters. The molecule has 4 aromatic rings. The van der Waals surface area contributed by atoms with Crippen molar-refractivity contribution >= 4 is 49.6 Å². The van der Waals surface area contributed by atoms with Crippen LogP contribution in [0.5, 0.6) is 0 Å². The molecule has 3 N–H and O–H groups in total. The summed E-state index contributed by atoms with van der Waals surface area (Å²) in [5.74, 6) is -0.729. The molecule has 1 heterocycles. The van der Waals surface area contributed by atoms with Crippen molar-refractivity contribution in [2.24, 2.45) is 0 Å². The van der Waals surface area contributed by atoms with Gasteiger partial charge >= 0.3 is 0 Å². The first kappa shape index (κ1) is 26.5. The zero-order valence-corrected chi connectivity index (χ0v) is 22.4. The zero-order chi connectivity index (χ0) is 26.6. The average molecular weight is 536 g/mol. The summed E-state index contributed by atoms with van der Waals surface area (Å²) in [5.41, 5.74) is 0.700. The molecule has 0 aliphatic heterocycles. The van der Waals surface area contributed by atoms with Crippen LogP contribution in [0.2, 0.25) is 0 Å². The van der Waals surface area contributed by atoms with Gasteiger partial charge in [0.05, 0.1) is 9.77 Å². The normalized spacial score (nSPS) is 12.7. The van der Waals surface area contributed by atoms with Crippen molar-refractivity contribution < 1.29 is 18.0 Å². The van der Waals surface area contributed by atoms with Crippen molar-refractivity contribution in [2.75, 3.05) is 5.32 Å². The van der Waals surface area contributed by atoms with E-state index in [9.17, 15) is 18.0 Å². The number of amides is 2. The van der Waals surface area contributed by atoms with Gasteiger partial charge in [-0.2, -0.15) is 0 Å². The van der Waals surface area contributed by atoms with Crippen LogP contribution in [-0.2, 0) is 21.2 Å². The molecule has 7 nitrogen and oxygen atoms in total. The van der Waals surface area contributed by atoms with Crippen molar-refractivity contribution in [2.45, 2.75) is 43.7 Å². The summed E-state index contributed by atoms with van der Waals surface area (Å²) in [7, 11) is -3.81. The van der Waals surface area contributed by atoms with Crippen molar-refractivity contribution in [1.82, 2.24) is 10.0 Å². The summed E-state index contributed by atoms with van der Waals surface area (Å²) in [6.07, 6.45) is 0.295. The van der Waals surface area contributed by atoms with Gasteiger partial charge in [-0.05, 0) is 49.9 Å². The second kappa shape index (κ2) is 10.8. The van der Waals surface area contributed by atoms with E-state index in [-0.39, 0.29) is 10.8 Å². The lowest BCUT2D eigenvalue weighted by Gasteiger charge is -2.22. The Morgan fingerprint density at radius 2 is 1.57 bits per heavy atom. The highest BCUT2D eigenvalue weighted by molar-refractivity contribution is 7.89. The Hall–Kier alpha value is -3.53. The topological polar surface area (TPSA) is 104 Å². The van der Waals surface area contributed by atoms with E-state index in [1.165, 1.54) is 11.3 Å². The van der Waals surface area contributed by atoms with E-state index in [0.29, 0.717) is 27.8 Å². The summed E-state index contributed by atoms with van der Waals surface area (Å²) in [6, 6.07) is 22.2. The molecule has 0 unspecified atom stereocenters. The molecule has 192 valence electrons. The van der Waals surface area contributed by atoms with Crippen LogP contribution < -0.4 is 15.4 Å². The third-order valence-corrected chi connectivity index (χ3v) is 8.20. The predicted molar refractivity (Wildman–Crippen MR) is 148 cm³/mol. The van der Waals surface area contributed by atoms with Crippen LogP contribution in [0, 0.1) is 0 Å². The lowest BCUT2D eigenvalue weighted by molar-refractivity contribution is -0.118. The molecule has 2 amide bonds. The highest BCUT2D eigenvalue weighted by Gasteiger charge is 2.26. The zero-order valence-electron chi connectivity index (χ0n) is 20.8. The van der Waals surface area contributed by atoms with Crippen LogP contribution in [0.4, 0.5) is 5.69 Å². The maximum atomic E-state index is 13.5. The Morgan fingerprint density at radius 1 is 0.865 bits per heavy atom. The van der Waals surface area contributed by atoms with Crippen LogP contribution >= 0.6 is 11.3 Å². The molecule has 4 rings (SSSR count). The first-order valence-electron chi connectivity index (χ1n) is 11.8. The maximum Gasteiger partial charge on any atom is 0.262 e. The minimum atomic E-state index is -3.81. The summed E-state index contributed by atoms with van der Waals surface area (Å²) < 4.78 is 28.9. The fourth-order valence-corrected chi connectivity index (χ4v) is 6.27. The van der Waals surface area contributed by atoms with Gasteiger partial charge in [0.2, 0.25) is 15.9 Å². The van der Waals surface area contributed by atoms with Crippen molar-refractivity contribution in [3.8, 4) is 0 Å². The summed E-state index contributed by atoms with van der Waals surface area (Å²) in [6.45, 7) is 5.33. The van der Waals surface area contributed by atoms with E-state index in [2.05, 4.69) is 15.4 Å². The number of hydrogen-bond donors (Lipinski definition) is 3. The van der Waals surface area contributed by atoms with Crippen molar-refractivity contribution in [3.63, 3.8) is 0 Å². The van der Waals surface area contributed by atoms with E-state index in [1.54, 1.807) is 74.7 Å². The molecule has 0 aliphatic carbocycles. The molecule has 0 saturated carbocycles. The van der Waals surface area contributed by atoms with Gasteiger partial charge in [-0.1, -0.05) is 60.7 Å². The fraction of sp³-hybridized carbons (Fsp3) is 0.214. The average Bonchev–Trinajstić information content (AvgIpc) is 3.38. The second-order valence-corrected chi connectivity index (χ2v) is 12.3. The minimum Gasteiger partial charge on any atom is -0.339 e. The highest BCUT2D eigenvalue weighted by Crippen LogP contribution is 2.29. The van der Waals surface area contributed by atoms with Crippen molar-refractivity contribution in [1.29, 1.82) is 0 Å². The van der Waals surface area contributed by atoms with Gasteiger partial charge in [-0.3, -0.25) is 9.59 Å². The summed E-state index contributed by atoms with van der Waals surface area (Å²) in [4.78, 5) is 26.9. The summed E-state index contributed by atoms with van der Waals surface area (Å²) >= 11 is 1.30. The van der Waals surface area contributed by atoms with Crippen LogP contribution in [-0.4, -0.2) is 31.8 Å². The quantitative estimate of drug-likeness (QED) is 0.297. The van der Waals surface area contributed by atoms with Gasteiger partial charge in [0, 0.05) is 28.4 Å². The molecule has 0 spiro atoms. The van der Waals surface area contributed by atoms with Crippen molar-refractivity contribution in [3.05, 3.63) is 94.7 Å². The van der Waals surface area contributed by atoms with Crippen LogP contribution in [0.15, 0.2) is 89.1 Å². The fourth-order valence-electron chi connectivity index (χ4n) is 4.00. The van der Waals surface area contributed by atoms with Gasteiger partial charge in [0.1, 0.15) is 6.04 Å². The molecule has 3 aromatic carbocycles.